The van der Waals surface area contributed by atoms with Crippen molar-refractivity contribution in [3.63, 3.8) is 0 Å². The largest absolute Gasteiger partial charge is 0.306 e. The Bertz CT molecular complexity index is 420. The zero-order valence-electron chi connectivity index (χ0n) is 10.6. The van der Waals surface area contributed by atoms with Gasteiger partial charge in [-0.2, -0.15) is 0 Å². The third-order valence-electron chi connectivity index (χ3n) is 3.22. The van der Waals surface area contributed by atoms with Gasteiger partial charge in [0, 0.05) is 16.9 Å². The Hall–Kier alpha value is -0.990. The van der Waals surface area contributed by atoms with Gasteiger partial charge in [-0.05, 0) is 38.1 Å². The molecule has 0 aliphatic heterocycles. The van der Waals surface area contributed by atoms with Gasteiger partial charge in [0.25, 0.3) is 0 Å². The van der Waals surface area contributed by atoms with Crippen LogP contribution in [0.2, 0.25) is 0 Å². The first-order valence-electron chi connectivity index (χ1n) is 5.96. The molecule has 1 nitrogen and oxygen atoms in total. The van der Waals surface area contributed by atoms with Crippen molar-refractivity contribution < 1.29 is 0 Å². The summed E-state index contributed by atoms with van der Waals surface area (Å²) in [5.41, 5.74) is 0. The number of nitrogens with zero attached hydrogens (tertiary/aromatic N) is 1. The average Bonchev–Trinajstić information content (AvgIpc) is 2.77. The molecule has 1 unspecified atom stereocenters. The summed E-state index contributed by atoms with van der Waals surface area (Å²) in [7, 11) is 4.28. The minimum Gasteiger partial charge on any atom is -0.306 e. The van der Waals surface area contributed by atoms with E-state index in [2.05, 4.69) is 74.5 Å². The van der Waals surface area contributed by atoms with Crippen LogP contribution in [0.1, 0.15) is 6.92 Å². The van der Waals surface area contributed by atoms with Crippen LogP contribution in [0.3, 0.4) is 0 Å². The molecule has 0 saturated heterocycles. The van der Waals surface area contributed by atoms with Crippen molar-refractivity contribution >= 4 is 11.8 Å². The van der Waals surface area contributed by atoms with Gasteiger partial charge in [-0.15, -0.1) is 0 Å². The Balaban J connectivity index is 2.07. The van der Waals surface area contributed by atoms with E-state index < -0.39 is 0 Å². The van der Waals surface area contributed by atoms with Crippen molar-refractivity contribution in [1.82, 2.24) is 4.90 Å². The third-order valence-corrected chi connectivity index (χ3v) is 4.37. The second-order valence-corrected chi connectivity index (χ2v) is 5.75. The number of rotatable bonds is 4. The molecular weight excluding hydrogens is 226 g/mol. The van der Waals surface area contributed by atoms with E-state index in [9.17, 15) is 0 Å². The smallest absolute Gasteiger partial charge is 0.0238 e. The third kappa shape index (κ3) is 3.02. The van der Waals surface area contributed by atoms with Crippen LogP contribution in [0.5, 0.6) is 0 Å². The van der Waals surface area contributed by atoms with Crippen LogP contribution in [0.25, 0.3) is 0 Å². The molecule has 0 bridgehead atoms. The van der Waals surface area contributed by atoms with Crippen molar-refractivity contribution in [2.45, 2.75) is 17.9 Å². The van der Waals surface area contributed by atoms with Gasteiger partial charge in [-0.1, -0.05) is 48.2 Å². The monoisotopic (exact) mass is 245 g/mol. The molecular formula is C15H19NS. The molecule has 0 N–H and O–H groups in total. The fourth-order valence-corrected chi connectivity index (χ4v) is 3.05. The Kier molecular flexibility index (Phi) is 4.08. The van der Waals surface area contributed by atoms with Crippen molar-refractivity contribution in [2.24, 2.45) is 5.92 Å². The van der Waals surface area contributed by atoms with Gasteiger partial charge in [0.15, 0.2) is 0 Å². The van der Waals surface area contributed by atoms with Crippen LogP contribution in [0.15, 0.2) is 58.4 Å². The fourth-order valence-electron chi connectivity index (χ4n) is 1.92. The van der Waals surface area contributed by atoms with Gasteiger partial charge in [0.05, 0.1) is 0 Å². The molecule has 2 rings (SSSR count). The molecule has 0 heterocycles. The number of hydrogen-bond acceptors (Lipinski definition) is 2. The lowest BCUT2D eigenvalue weighted by atomic mass is 10.0. The molecule has 90 valence electrons. The van der Waals surface area contributed by atoms with Crippen molar-refractivity contribution in [2.75, 3.05) is 14.1 Å². The number of allylic oxidation sites excluding steroid dienone is 2. The maximum atomic E-state index is 2.30. The Morgan fingerprint density at radius 1 is 1.18 bits per heavy atom. The van der Waals surface area contributed by atoms with E-state index in [1.807, 2.05) is 11.8 Å². The van der Waals surface area contributed by atoms with Crippen molar-refractivity contribution in [1.29, 1.82) is 0 Å². The first-order chi connectivity index (χ1) is 8.18. The van der Waals surface area contributed by atoms with E-state index >= 15 is 0 Å². The maximum Gasteiger partial charge on any atom is 0.0238 e. The van der Waals surface area contributed by atoms with Crippen LogP contribution in [-0.4, -0.2) is 25.0 Å². The summed E-state index contributed by atoms with van der Waals surface area (Å²) in [4.78, 5) is 5.04. The summed E-state index contributed by atoms with van der Waals surface area (Å²) in [6, 6.07) is 11.1. The second kappa shape index (κ2) is 5.56. The molecule has 0 amide bonds. The summed E-state index contributed by atoms with van der Waals surface area (Å²) in [6.45, 7) is 2.28. The molecule has 0 spiro atoms. The normalized spacial score (nSPS) is 20.7. The van der Waals surface area contributed by atoms with Gasteiger partial charge in [-0.25, -0.2) is 0 Å². The van der Waals surface area contributed by atoms with Crippen LogP contribution >= 0.6 is 11.8 Å². The van der Waals surface area contributed by atoms with E-state index in [1.165, 1.54) is 9.80 Å². The quantitative estimate of drug-likeness (QED) is 0.794. The summed E-state index contributed by atoms with van der Waals surface area (Å²) < 4.78 is 0. The zero-order valence-corrected chi connectivity index (χ0v) is 11.4. The average molecular weight is 245 g/mol. The van der Waals surface area contributed by atoms with E-state index in [0.29, 0.717) is 12.0 Å². The lowest BCUT2D eigenvalue weighted by molar-refractivity contribution is 0.281. The SMILES string of the molecule is C[C@H](C1C=CC=C1Sc1ccccc1)N(C)C. The van der Waals surface area contributed by atoms with Crippen molar-refractivity contribution in [3.05, 3.63) is 53.5 Å². The van der Waals surface area contributed by atoms with Gasteiger partial charge in [0.1, 0.15) is 0 Å². The van der Waals surface area contributed by atoms with E-state index in [1.54, 1.807) is 0 Å². The van der Waals surface area contributed by atoms with Crippen LogP contribution in [0, 0.1) is 5.92 Å². The minimum absolute atomic E-state index is 0.523. The Morgan fingerprint density at radius 2 is 1.88 bits per heavy atom. The molecule has 0 aromatic heterocycles. The minimum atomic E-state index is 0.523. The summed E-state index contributed by atoms with van der Waals surface area (Å²) >= 11 is 1.88. The number of benzene rings is 1. The van der Waals surface area contributed by atoms with Gasteiger partial charge in [0.2, 0.25) is 0 Å². The molecule has 2 heteroatoms. The molecule has 1 aromatic carbocycles. The van der Waals surface area contributed by atoms with Gasteiger partial charge >= 0.3 is 0 Å². The highest BCUT2D eigenvalue weighted by atomic mass is 32.2. The molecule has 0 saturated carbocycles. The predicted molar refractivity (Wildman–Crippen MR) is 76.2 cm³/mol. The Labute approximate surface area is 108 Å². The molecule has 1 aliphatic carbocycles. The lowest BCUT2D eigenvalue weighted by Gasteiger charge is -2.27. The summed E-state index contributed by atoms with van der Waals surface area (Å²) in [5.74, 6) is 0.523. The van der Waals surface area contributed by atoms with Crippen molar-refractivity contribution in [3.8, 4) is 0 Å². The molecule has 2 atom stereocenters. The molecule has 17 heavy (non-hydrogen) atoms. The highest BCUT2D eigenvalue weighted by molar-refractivity contribution is 8.03. The molecule has 1 aromatic rings. The molecule has 1 aliphatic rings. The van der Waals surface area contributed by atoms with Crippen LogP contribution in [-0.2, 0) is 0 Å². The number of thioether (sulfide) groups is 1. The summed E-state index contributed by atoms with van der Waals surface area (Å²) in [5, 5.41) is 0. The number of hydrogen-bond donors (Lipinski definition) is 0. The Morgan fingerprint density at radius 3 is 2.53 bits per heavy atom. The van der Waals surface area contributed by atoms with Gasteiger partial charge < -0.3 is 4.90 Å². The summed E-state index contributed by atoms with van der Waals surface area (Å²) in [6.07, 6.45) is 6.72. The zero-order chi connectivity index (χ0) is 12.3. The van der Waals surface area contributed by atoms with E-state index in [0.717, 1.165) is 0 Å². The van der Waals surface area contributed by atoms with E-state index in [-0.39, 0.29) is 0 Å². The lowest BCUT2D eigenvalue weighted by Crippen LogP contribution is -2.31. The maximum absolute atomic E-state index is 2.30. The molecule has 0 fully saturated rings. The first kappa shape index (κ1) is 12.5. The molecule has 0 radical (unpaired) electrons. The second-order valence-electron chi connectivity index (χ2n) is 4.60. The standard InChI is InChI=1S/C15H19NS/c1-12(16(2)3)14-10-7-11-15(14)17-13-8-5-4-6-9-13/h4-12,14H,1-3H3/t12-,14?/m1/s1. The van der Waals surface area contributed by atoms with Crippen LogP contribution in [0.4, 0.5) is 0 Å². The highest BCUT2D eigenvalue weighted by Gasteiger charge is 2.23. The van der Waals surface area contributed by atoms with Gasteiger partial charge in [-0.3, -0.25) is 0 Å². The first-order valence-corrected chi connectivity index (χ1v) is 6.78. The highest BCUT2D eigenvalue weighted by Crippen LogP contribution is 2.37. The topological polar surface area (TPSA) is 3.24 Å². The van der Waals surface area contributed by atoms with Crippen LogP contribution < -0.4 is 0 Å². The van der Waals surface area contributed by atoms with E-state index in [4.69, 9.17) is 0 Å². The fraction of sp³-hybridized carbons (Fsp3) is 0.333. The predicted octanol–water partition coefficient (Wildman–Crippen LogP) is 3.80.